The minimum atomic E-state index is -4.27. The summed E-state index contributed by atoms with van der Waals surface area (Å²) in [4.78, 5) is 39.1. The van der Waals surface area contributed by atoms with Gasteiger partial charge in [-0.25, -0.2) is 4.79 Å². The minimum absolute atomic E-state index is 0.0118. The van der Waals surface area contributed by atoms with E-state index in [1.54, 1.807) is 6.92 Å². The molecule has 1 aromatic rings. The van der Waals surface area contributed by atoms with Crippen LogP contribution in [0.3, 0.4) is 0 Å². The standard InChI is InChI=1S/C12H18N2O7S2/c1-2-21-10(16)6-4-3-5-9(15)11-8(13-12(17)14-11)7-22-23(18,19)20/h2-7H2,1H3,(H2,13,14,17)(H,18,19,20). The van der Waals surface area contributed by atoms with E-state index in [1.807, 2.05) is 0 Å². The molecular weight excluding hydrogens is 348 g/mol. The zero-order chi connectivity index (χ0) is 17.5. The second-order valence-electron chi connectivity index (χ2n) is 4.56. The van der Waals surface area contributed by atoms with Crippen LogP contribution >= 0.6 is 10.8 Å². The monoisotopic (exact) mass is 366 g/mol. The van der Waals surface area contributed by atoms with Gasteiger partial charge >= 0.3 is 20.8 Å². The summed E-state index contributed by atoms with van der Waals surface area (Å²) in [7, 11) is -4.08. The summed E-state index contributed by atoms with van der Waals surface area (Å²) >= 11 is 0. The van der Waals surface area contributed by atoms with E-state index in [-0.39, 0.29) is 52.5 Å². The third kappa shape index (κ3) is 7.48. The van der Waals surface area contributed by atoms with Crippen molar-refractivity contribution < 1.29 is 27.3 Å². The number of aromatic nitrogens is 2. The lowest BCUT2D eigenvalue weighted by Crippen LogP contribution is -2.07. The fourth-order valence-electron chi connectivity index (χ4n) is 1.81. The van der Waals surface area contributed by atoms with E-state index in [0.717, 1.165) is 0 Å². The summed E-state index contributed by atoms with van der Waals surface area (Å²) in [6.07, 6.45) is 1.19. The number of esters is 1. The second kappa shape index (κ2) is 8.89. The summed E-state index contributed by atoms with van der Waals surface area (Å²) in [5, 5.41) is 0. The number of imidazole rings is 1. The van der Waals surface area contributed by atoms with Gasteiger partial charge in [0.25, 0.3) is 0 Å². The fourth-order valence-corrected chi connectivity index (χ4v) is 3.10. The highest BCUT2D eigenvalue weighted by atomic mass is 33.1. The average Bonchev–Trinajstić information content (AvgIpc) is 2.82. The van der Waals surface area contributed by atoms with E-state index in [9.17, 15) is 22.8 Å². The van der Waals surface area contributed by atoms with E-state index < -0.39 is 14.8 Å². The number of hydrogen-bond donors (Lipinski definition) is 3. The van der Waals surface area contributed by atoms with Crippen LogP contribution in [0, 0.1) is 0 Å². The molecule has 0 bridgehead atoms. The fraction of sp³-hybridized carbons (Fsp3) is 0.583. The van der Waals surface area contributed by atoms with Crippen LogP contribution in [0.4, 0.5) is 0 Å². The Morgan fingerprint density at radius 2 is 1.87 bits per heavy atom. The predicted octanol–water partition coefficient (Wildman–Crippen LogP) is 1.05. The van der Waals surface area contributed by atoms with Crippen LogP contribution in [-0.2, 0) is 24.4 Å². The lowest BCUT2D eigenvalue weighted by Gasteiger charge is -2.03. The summed E-state index contributed by atoms with van der Waals surface area (Å²) in [5.41, 5.74) is -0.541. The maximum atomic E-state index is 12.0. The molecular formula is C12H18N2O7S2. The molecule has 130 valence electrons. The average molecular weight is 366 g/mol. The molecule has 9 nitrogen and oxygen atoms in total. The molecule has 0 atom stereocenters. The molecule has 0 saturated carbocycles. The first-order chi connectivity index (χ1) is 10.7. The van der Waals surface area contributed by atoms with Crippen LogP contribution in [0.1, 0.15) is 48.8 Å². The van der Waals surface area contributed by atoms with Gasteiger partial charge in [-0.15, -0.1) is 0 Å². The molecule has 3 N–H and O–H groups in total. The number of nitrogens with one attached hydrogen (secondary N) is 2. The molecule has 0 unspecified atom stereocenters. The Hall–Kier alpha value is -1.59. The van der Waals surface area contributed by atoms with Crippen molar-refractivity contribution in [1.82, 2.24) is 9.97 Å². The van der Waals surface area contributed by atoms with E-state index in [2.05, 4.69) is 9.97 Å². The van der Waals surface area contributed by atoms with Gasteiger partial charge in [0.05, 0.1) is 18.1 Å². The number of unbranched alkanes of at least 4 members (excludes halogenated alkanes) is 1. The van der Waals surface area contributed by atoms with Crippen molar-refractivity contribution in [2.24, 2.45) is 0 Å². The molecule has 0 aliphatic heterocycles. The lowest BCUT2D eigenvalue weighted by atomic mass is 10.1. The molecule has 0 aliphatic rings. The third-order valence-electron chi connectivity index (χ3n) is 2.78. The number of ketones is 1. The highest BCUT2D eigenvalue weighted by Crippen LogP contribution is 2.18. The SMILES string of the molecule is CCOC(=O)CCCCC(=O)c1[nH]c(=O)[nH]c1CSS(=O)(=O)O. The van der Waals surface area contributed by atoms with Gasteiger partial charge in [-0.2, -0.15) is 8.42 Å². The maximum Gasteiger partial charge on any atom is 0.323 e. The van der Waals surface area contributed by atoms with Crippen LogP contribution in [0.2, 0.25) is 0 Å². The molecule has 0 aliphatic carbocycles. The van der Waals surface area contributed by atoms with Crippen molar-refractivity contribution in [3.63, 3.8) is 0 Å². The first-order valence-electron chi connectivity index (χ1n) is 6.84. The molecule has 0 aromatic carbocycles. The van der Waals surface area contributed by atoms with Gasteiger partial charge in [0.1, 0.15) is 5.69 Å². The zero-order valence-electron chi connectivity index (χ0n) is 12.5. The van der Waals surface area contributed by atoms with Crippen molar-refractivity contribution in [2.45, 2.75) is 38.4 Å². The highest BCUT2D eigenvalue weighted by molar-refractivity contribution is 8.69. The number of carbonyl (C=O) groups is 2. The Bertz CT molecular complexity index is 705. The molecule has 1 heterocycles. The van der Waals surface area contributed by atoms with Crippen molar-refractivity contribution in [1.29, 1.82) is 0 Å². The highest BCUT2D eigenvalue weighted by Gasteiger charge is 2.17. The molecule has 0 saturated heterocycles. The number of hydrogen-bond acceptors (Lipinski definition) is 7. The lowest BCUT2D eigenvalue weighted by molar-refractivity contribution is -0.143. The Labute approximate surface area is 136 Å². The molecule has 0 amide bonds. The topological polar surface area (TPSA) is 146 Å². The number of H-pyrrole nitrogens is 2. The molecule has 0 spiro atoms. The minimum Gasteiger partial charge on any atom is -0.466 e. The maximum absolute atomic E-state index is 12.0. The molecule has 23 heavy (non-hydrogen) atoms. The van der Waals surface area contributed by atoms with Gasteiger partial charge in [-0.05, 0) is 19.8 Å². The first-order valence-corrected chi connectivity index (χ1v) is 9.79. The first kappa shape index (κ1) is 19.5. The van der Waals surface area contributed by atoms with Crippen molar-refractivity contribution >= 4 is 31.7 Å². The van der Waals surface area contributed by atoms with Crippen LogP contribution in [0.15, 0.2) is 4.79 Å². The second-order valence-corrected chi connectivity index (χ2v) is 7.91. The number of Topliss-reactive ketones (excluding diaryl/α,β-unsaturated/α-hetero) is 1. The number of aromatic amines is 2. The predicted molar refractivity (Wildman–Crippen MR) is 83.7 cm³/mol. The molecule has 0 radical (unpaired) electrons. The van der Waals surface area contributed by atoms with Gasteiger partial charge in [-0.3, -0.25) is 14.1 Å². The van der Waals surface area contributed by atoms with Crippen molar-refractivity contribution in [2.75, 3.05) is 6.61 Å². The zero-order valence-corrected chi connectivity index (χ0v) is 14.1. The van der Waals surface area contributed by atoms with Gasteiger partial charge in [0.2, 0.25) is 0 Å². The molecule has 11 heteroatoms. The van der Waals surface area contributed by atoms with Gasteiger partial charge in [0, 0.05) is 23.6 Å². The molecule has 0 fully saturated rings. The largest absolute Gasteiger partial charge is 0.466 e. The Kier molecular flexibility index (Phi) is 7.52. The number of ether oxygens (including phenoxy) is 1. The van der Waals surface area contributed by atoms with E-state index >= 15 is 0 Å². The summed E-state index contributed by atoms with van der Waals surface area (Å²) in [6, 6.07) is 0. The van der Waals surface area contributed by atoms with E-state index in [0.29, 0.717) is 19.4 Å². The van der Waals surface area contributed by atoms with Gasteiger partial charge < -0.3 is 14.7 Å². The smallest absolute Gasteiger partial charge is 0.323 e. The Morgan fingerprint density at radius 3 is 2.48 bits per heavy atom. The van der Waals surface area contributed by atoms with Gasteiger partial charge in [-0.1, -0.05) is 0 Å². The van der Waals surface area contributed by atoms with Crippen molar-refractivity contribution in [3.05, 3.63) is 21.9 Å². The molecule has 1 rings (SSSR count). The molecule has 1 aromatic heterocycles. The van der Waals surface area contributed by atoms with E-state index in [1.165, 1.54) is 0 Å². The van der Waals surface area contributed by atoms with Gasteiger partial charge in [0.15, 0.2) is 5.78 Å². The van der Waals surface area contributed by atoms with E-state index in [4.69, 9.17) is 9.29 Å². The number of rotatable bonds is 10. The van der Waals surface area contributed by atoms with Crippen LogP contribution in [0.5, 0.6) is 0 Å². The van der Waals surface area contributed by atoms with Crippen LogP contribution < -0.4 is 5.69 Å². The quantitative estimate of drug-likeness (QED) is 0.183. The van der Waals surface area contributed by atoms with Crippen LogP contribution in [-0.4, -0.2) is 41.3 Å². The normalized spacial score (nSPS) is 11.4. The number of carbonyl (C=O) groups excluding carboxylic acids is 2. The summed E-state index contributed by atoms with van der Waals surface area (Å²) < 4.78 is 34.9. The Morgan fingerprint density at radius 1 is 1.22 bits per heavy atom. The van der Waals surface area contributed by atoms with Crippen LogP contribution in [0.25, 0.3) is 0 Å². The summed E-state index contributed by atoms with van der Waals surface area (Å²) in [5.74, 6) is -0.972. The third-order valence-corrected chi connectivity index (χ3v) is 4.73. The van der Waals surface area contributed by atoms with Crippen molar-refractivity contribution in [3.8, 4) is 0 Å². The summed E-state index contributed by atoms with van der Waals surface area (Å²) in [6.45, 7) is 2.01. The Balaban J connectivity index is 2.56.